The Bertz CT molecular complexity index is 1310. The second kappa shape index (κ2) is 11.1. The van der Waals surface area contributed by atoms with E-state index in [2.05, 4.69) is 0 Å². The third-order valence-electron chi connectivity index (χ3n) is 6.34. The highest BCUT2D eigenvalue weighted by molar-refractivity contribution is 7.89. The average molecular weight is 512 g/mol. The van der Waals surface area contributed by atoms with Crippen LogP contribution in [-0.4, -0.2) is 63.4 Å². The van der Waals surface area contributed by atoms with Gasteiger partial charge < -0.3 is 14.5 Å². The van der Waals surface area contributed by atoms with E-state index in [-0.39, 0.29) is 29.7 Å². The first-order chi connectivity index (χ1) is 17.3. The molecule has 1 amide bonds. The van der Waals surface area contributed by atoms with Crippen molar-refractivity contribution >= 4 is 21.6 Å². The maximum Gasteiger partial charge on any atom is 0.243 e. The molecule has 0 N–H and O–H groups in total. The number of halogens is 1. The maximum absolute atomic E-state index is 14.2. The van der Waals surface area contributed by atoms with Crippen molar-refractivity contribution in [3.05, 3.63) is 89.7 Å². The number of piperazine rings is 1. The molecule has 190 valence electrons. The van der Waals surface area contributed by atoms with Crippen molar-refractivity contribution in [2.24, 2.45) is 0 Å². The lowest BCUT2D eigenvalue weighted by atomic mass is 10.2. The second-order valence-corrected chi connectivity index (χ2v) is 10.6. The van der Waals surface area contributed by atoms with Gasteiger partial charge in [-0.15, -0.1) is 0 Å². The molecule has 3 aromatic rings. The number of ether oxygens (including phenoxy) is 1. The summed E-state index contributed by atoms with van der Waals surface area (Å²) in [6, 6.07) is 20.4. The highest BCUT2D eigenvalue weighted by atomic mass is 32.2. The van der Waals surface area contributed by atoms with E-state index in [1.165, 1.54) is 23.5 Å². The largest absolute Gasteiger partial charge is 0.496 e. The summed E-state index contributed by atoms with van der Waals surface area (Å²) in [7, 11) is -2.44. The summed E-state index contributed by atoms with van der Waals surface area (Å²) in [5.41, 5.74) is 1.98. The molecule has 1 fully saturated rings. The Balaban J connectivity index is 1.52. The number of sulfonamides is 1. The van der Waals surface area contributed by atoms with E-state index in [1.807, 2.05) is 35.2 Å². The molecule has 9 heteroatoms. The number of benzene rings is 3. The summed E-state index contributed by atoms with van der Waals surface area (Å²) >= 11 is 0. The first kappa shape index (κ1) is 25.7. The highest BCUT2D eigenvalue weighted by Crippen LogP contribution is 2.25. The molecule has 0 aliphatic carbocycles. The number of para-hydroxylation sites is 1. The van der Waals surface area contributed by atoms with E-state index in [9.17, 15) is 17.6 Å². The van der Waals surface area contributed by atoms with Gasteiger partial charge in [0.25, 0.3) is 0 Å². The van der Waals surface area contributed by atoms with E-state index >= 15 is 0 Å². The van der Waals surface area contributed by atoms with Gasteiger partial charge in [-0.2, -0.15) is 4.31 Å². The monoisotopic (exact) mass is 511 g/mol. The lowest BCUT2D eigenvalue weighted by molar-refractivity contribution is -0.131. The molecule has 0 unspecified atom stereocenters. The molecule has 0 radical (unpaired) electrons. The summed E-state index contributed by atoms with van der Waals surface area (Å²) in [5.74, 6) is 0.00692. The van der Waals surface area contributed by atoms with E-state index in [0.717, 1.165) is 5.56 Å². The fraction of sp³-hybridized carbons (Fsp3) is 0.296. The molecule has 1 aliphatic heterocycles. The molecule has 0 atom stereocenters. The smallest absolute Gasteiger partial charge is 0.243 e. The Labute approximate surface area is 211 Å². The standard InChI is InChI=1S/C27H30FN3O4S/c1-21-18-23(12-13-26(21)35-2)36(33,34)31(19-22-8-4-3-5-9-22)20-27(32)30-16-14-29(15-17-30)25-11-7-6-10-24(25)28/h3-13,18H,14-17,19-20H2,1-2H3. The number of rotatable bonds is 8. The molecule has 1 aliphatic rings. The fourth-order valence-corrected chi connectivity index (χ4v) is 5.79. The molecular weight excluding hydrogens is 481 g/mol. The minimum atomic E-state index is -3.97. The zero-order chi connectivity index (χ0) is 25.7. The minimum Gasteiger partial charge on any atom is -0.496 e. The van der Waals surface area contributed by atoms with Crippen molar-refractivity contribution in [1.82, 2.24) is 9.21 Å². The van der Waals surface area contributed by atoms with E-state index in [1.54, 1.807) is 42.2 Å². The van der Waals surface area contributed by atoms with Gasteiger partial charge in [0.05, 0.1) is 24.2 Å². The van der Waals surface area contributed by atoms with Crippen LogP contribution in [-0.2, 0) is 21.4 Å². The number of carbonyl (C=O) groups is 1. The summed E-state index contributed by atoms with van der Waals surface area (Å²) in [6.07, 6.45) is 0. The number of amides is 1. The van der Waals surface area contributed by atoms with Gasteiger partial charge in [-0.05, 0) is 48.4 Å². The Morgan fingerprint density at radius 1 is 0.972 bits per heavy atom. The lowest BCUT2D eigenvalue weighted by Crippen LogP contribution is -2.52. The SMILES string of the molecule is COc1ccc(S(=O)(=O)N(CC(=O)N2CCN(c3ccccc3F)CC2)Cc2ccccc2)cc1C. The quantitative estimate of drug-likeness (QED) is 0.462. The molecule has 4 rings (SSSR count). The number of anilines is 1. The van der Waals surface area contributed by atoms with E-state index in [0.29, 0.717) is 43.2 Å². The summed E-state index contributed by atoms with van der Waals surface area (Å²) in [5, 5.41) is 0. The molecule has 0 saturated carbocycles. The maximum atomic E-state index is 14.2. The minimum absolute atomic E-state index is 0.0647. The molecule has 3 aromatic carbocycles. The van der Waals surface area contributed by atoms with Crippen LogP contribution in [0.1, 0.15) is 11.1 Å². The van der Waals surface area contributed by atoms with Crippen molar-refractivity contribution in [1.29, 1.82) is 0 Å². The highest BCUT2D eigenvalue weighted by Gasteiger charge is 2.30. The fourth-order valence-electron chi connectivity index (χ4n) is 4.33. The van der Waals surface area contributed by atoms with Crippen molar-refractivity contribution in [2.45, 2.75) is 18.4 Å². The van der Waals surface area contributed by atoms with Crippen LogP contribution in [0, 0.1) is 12.7 Å². The van der Waals surface area contributed by atoms with Gasteiger partial charge in [-0.3, -0.25) is 4.79 Å². The second-order valence-electron chi connectivity index (χ2n) is 8.71. The lowest BCUT2D eigenvalue weighted by Gasteiger charge is -2.37. The molecule has 7 nitrogen and oxygen atoms in total. The number of nitrogens with zero attached hydrogens (tertiary/aromatic N) is 3. The van der Waals surface area contributed by atoms with Crippen LogP contribution in [0.5, 0.6) is 5.75 Å². The van der Waals surface area contributed by atoms with Crippen LogP contribution < -0.4 is 9.64 Å². The van der Waals surface area contributed by atoms with Crippen LogP contribution in [0.2, 0.25) is 0 Å². The van der Waals surface area contributed by atoms with Crippen LogP contribution in [0.15, 0.2) is 77.7 Å². The number of aryl methyl sites for hydroxylation is 1. The molecule has 36 heavy (non-hydrogen) atoms. The van der Waals surface area contributed by atoms with Gasteiger partial charge in [-0.25, -0.2) is 12.8 Å². The topological polar surface area (TPSA) is 70.2 Å². The summed E-state index contributed by atoms with van der Waals surface area (Å²) in [6.45, 7) is 3.25. The van der Waals surface area contributed by atoms with Crippen molar-refractivity contribution in [3.63, 3.8) is 0 Å². The zero-order valence-electron chi connectivity index (χ0n) is 20.4. The van der Waals surface area contributed by atoms with Crippen LogP contribution >= 0.6 is 0 Å². The Morgan fingerprint density at radius 2 is 1.64 bits per heavy atom. The Kier molecular flexibility index (Phi) is 7.91. The number of carbonyl (C=O) groups excluding carboxylic acids is 1. The third-order valence-corrected chi connectivity index (χ3v) is 8.13. The molecule has 0 bridgehead atoms. The van der Waals surface area contributed by atoms with Gasteiger partial charge in [0, 0.05) is 32.7 Å². The van der Waals surface area contributed by atoms with Gasteiger partial charge in [0.1, 0.15) is 11.6 Å². The van der Waals surface area contributed by atoms with Crippen LogP contribution in [0.25, 0.3) is 0 Å². The molecule has 1 saturated heterocycles. The Hall–Kier alpha value is -3.43. The molecule has 1 heterocycles. The van der Waals surface area contributed by atoms with Crippen molar-refractivity contribution in [2.75, 3.05) is 44.7 Å². The number of hydrogen-bond acceptors (Lipinski definition) is 5. The molecule has 0 aromatic heterocycles. The van der Waals surface area contributed by atoms with Crippen LogP contribution in [0.3, 0.4) is 0 Å². The van der Waals surface area contributed by atoms with Crippen molar-refractivity contribution in [3.8, 4) is 5.75 Å². The van der Waals surface area contributed by atoms with Crippen molar-refractivity contribution < 1.29 is 22.3 Å². The van der Waals surface area contributed by atoms with Crippen LogP contribution in [0.4, 0.5) is 10.1 Å². The molecular formula is C27H30FN3O4S. The predicted octanol–water partition coefficient (Wildman–Crippen LogP) is 3.68. The van der Waals surface area contributed by atoms with Gasteiger partial charge in [-0.1, -0.05) is 42.5 Å². The number of methoxy groups -OCH3 is 1. The third kappa shape index (κ3) is 5.68. The first-order valence-electron chi connectivity index (χ1n) is 11.8. The van der Waals surface area contributed by atoms with E-state index in [4.69, 9.17) is 4.74 Å². The van der Waals surface area contributed by atoms with Gasteiger partial charge in [0.15, 0.2) is 0 Å². The average Bonchev–Trinajstić information content (AvgIpc) is 2.89. The number of hydrogen-bond donors (Lipinski definition) is 0. The predicted molar refractivity (Wildman–Crippen MR) is 137 cm³/mol. The molecule has 0 spiro atoms. The zero-order valence-corrected chi connectivity index (χ0v) is 21.2. The van der Waals surface area contributed by atoms with Gasteiger partial charge in [0.2, 0.25) is 15.9 Å². The van der Waals surface area contributed by atoms with E-state index < -0.39 is 10.0 Å². The van der Waals surface area contributed by atoms with Gasteiger partial charge >= 0.3 is 0 Å². The summed E-state index contributed by atoms with van der Waals surface area (Å²) in [4.78, 5) is 16.9. The first-order valence-corrected chi connectivity index (χ1v) is 13.2. The summed E-state index contributed by atoms with van der Waals surface area (Å²) < 4.78 is 47.9. The Morgan fingerprint density at radius 3 is 2.28 bits per heavy atom. The normalized spacial score (nSPS) is 14.2.